The van der Waals surface area contributed by atoms with Gasteiger partial charge in [-0.3, -0.25) is 0 Å². The highest BCUT2D eigenvalue weighted by atomic mass is 16.2. The molecule has 92 valence electrons. The maximum Gasteiger partial charge on any atom is 0.317 e. The van der Waals surface area contributed by atoms with Crippen LogP contribution in [0.25, 0.3) is 0 Å². The van der Waals surface area contributed by atoms with Crippen LogP contribution in [0.15, 0.2) is 0 Å². The summed E-state index contributed by atoms with van der Waals surface area (Å²) in [6.45, 7) is 6.08. The van der Waals surface area contributed by atoms with Gasteiger partial charge < -0.3 is 15.5 Å². The van der Waals surface area contributed by atoms with E-state index in [0.29, 0.717) is 12.0 Å². The number of nitrogens with one attached hydrogen (secondary N) is 2. The van der Waals surface area contributed by atoms with Crippen LogP contribution in [0.3, 0.4) is 0 Å². The summed E-state index contributed by atoms with van der Waals surface area (Å²) in [4.78, 5) is 13.7. The fourth-order valence-corrected chi connectivity index (χ4v) is 2.88. The molecule has 2 fully saturated rings. The lowest BCUT2D eigenvalue weighted by Crippen LogP contribution is -2.50. The number of amides is 2. The Hall–Kier alpha value is -0.770. The molecule has 2 unspecified atom stereocenters. The van der Waals surface area contributed by atoms with Gasteiger partial charge in [0.05, 0.1) is 0 Å². The number of hydrogen-bond donors (Lipinski definition) is 2. The topological polar surface area (TPSA) is 44.4 Å². The molecule has 2 N–H and O–H groups in total. The minimum Gasteiger partial charge on any atom is -0.336 e. The van der Waals surface area contributed by atoms with Crippen molar-refractivity contribution in [2.75, 3.05) is 26.2 Å². The minimum absolute atomic E-state index is 0.147. The van der Waals surface area contributed by atoms with Crippen LogP contribution in [-0.4, -0.2) is 43.2 Å². The van der Waals surface area contributed by atoms with Gasteiger partial charge in [-0.1, -0.05) is 19.8 Å². The van der Waals surface area contributed by atoms with Crippen LogP contribution in [0.4, 0.5) is 4.79 Å². The molecule has 0 aromatic rings. The van der Waals surface area contributed by atoms with Gasteiger partial charge in [0, 0.05) is 19.1 Å². The van der Waals surface area contributed by atoms with Crippen LogP contribution in [0.2, 0.25) is 0 Å². The van der Waals surface area contributed by atoms with Gasteiger partial charge in [-0.15, -0.1) is 0 Å². The SMILES string of the molecule is CCCCC1CNCCC1N1CCNC1=O. The van der Waals surface area contributed by atoms with E-state index < -0.39 is 0 Å². The Bertz CT molecular complexity index is 244. The molecule has 2 rings (SSSR count). The smallest absolute Gasteiger partial charge is 0.317 e. The van der Waals surface area contributed by atoms with Gasteiger partial charge in [0.15, 0.2) is 0 Å². The van der Waals surface area contributed by atoms with Gasteiger partial charge in [0.25, 0.3) is 0 Å². The average molecular weight is 225 g/mol. The Morgan fingerprint density at radius 3 is 3.00 bits per heavy atom. The Balaban J connectivity index is 1.95. The van der Waals surface area contributed by atoms with Crippen molar-refractivity contribution in [2.24, 2.45) is 5.92 Å². The molecule has 0 aromatic heterocycles. The molecule has 0 spiro atoms. The third kappa shape index (κ3) is 2.48. The fourth-order valence-electron chi connectivity index (χ4n) is 2.88. The molecular weight excluding hydrogens is 202 g/mol. The first-order valence-corrected chi connectivity index (χ1v) is 6.58. The standard InChI is InChI=1S/C12H23N3O/c1-2-3-4-10-9-13-6-5-11(10)15-8-7-14-12(15)16/h10-11,13H,2-9H2,1H3,(H,14,16). The predicted octanol–water partition coefficient (Wildman–Crippen LogP) is 1.18. The Morgan fingerprint density at radius 2 is 2.31 bits per heavy atom. The van der Waals surface area contributed by atoms with Crippen molar-refractivity contribution in [3.8, 4) is 0 Å². The van der Waals surface area contributed by atoms with Crippen molar-refractivity contribution in [3.05, 3.63) is 0 Å². The van der Waals surface area contributed by atoms with Gasteiger partial charge in [0.2, 0.25) is 0 Å². The number of carbonyl (C=O) groups excluding carboxylic acids is 1. The molecule has 0 radical (unpaired) electrons. The van der Waals surface area contributed by atoms with E-state index in [2.05, 4.69) is 22.5 Å². The van der Waals surface area contributed by atoms with Crippen molar-refractivity contribution < 1.29 is 4.79 Å². The number of hydrogen-bond acceptors (Lipinski definition) is 2. The second kappa shape index (κ2) is 5.53. The lowest BCUT2D eigenvalue weighted by molar-refractivity contribution is 0.141. The van der Waals surface area contributed by atoms with Crippen LogP contribution in [0.5, 0.6) is 0 Å². The molecular formula is C12H23N3O. The largest absolute Gasteiger partial charge is 0.336 e. The van der Waals surface area contributed by atoms with Crippen molar-refractivity contribution in [3.63, 3.8) is 0 Å². The Morgan fingerprint density at radius 1 is 1.44 bits per heavy atom. The first-order chi connectivity index (χ1) is 7.83. The summed E-state index contributed by atoms with van der Waals surface area (Å²) in [6, 6.07) is 0.615. The average Bonchev–Trinajstić information content (AvgIpc) is 2.73. The summed E-state index contributed by atoms with van der Waals surface area (Å²) < 4.78 is 0. The predicted molar refractivity (Wildman–Crippen MR) is 64.4 cm³/mol. The van der Waals surface area contributed by atoms with E-state index in [1.54, 1.807) is 0 Å². The minimum atomic E-state index is 0.147. The van der Waals surface area contributed by atoms with Gasteiger partial charge in [-0.2, -0.15) is 0 Å². The second-order valence-corrected chi connectivity index (χ2v) is 4.89. The number of nitrogens with zero attached hydrogens (tertiary/aromatic N) is 1. The zero-order valence-corrected chi connectivity index (χ0v) is 10.2. The van der Waals surface area contributed by atoms with Gasteiger partial charge in [-0.05, 0) is 31.8 Å². The molecule has 0 aromatic carbocycles. The highest BCUT2D eigenvalue weighted by Gasteiger charge is 2.34. The molecule has 4 nitrogen and oxygen atoms in total. The molecule has 2 aliphatic heterocycles. The third-order valence-electron chi connectivity index (χ3n) is 3.79. The van der Waals surface area contributed by atoms with E-state index in [-0.39, 0.29) is 6.03 Å². The monoisotopic (exact) mass is 225 g/mol. The van der Waals surface area contributed by atoms with E-state index >= 15 is 0 Å². The number of carbonyl (C=O) groups is 1. The zero-order chi connectivity index (χ0) is 11.4. The normalized spacial score (nSPS) is 30.6. The summed E-state index contributed by atoms with van der Waals surface area (Å²) in [6.07, 6.45) is 4.88. The van der Waals surface area contributed by atoms with E-state index in [1.807, 2.05) is 0 Å². The van der Waals surface area contributed by atoms with E-state index in [0.717, 1.165) is 32.6 Å². The van der Waals surface area contributed by atoms with Crippen LogP contribution in [0, 0.1) is 5.92 Å². The van der Waals surface area contributed by atoms with Crippen molar-refractivity contribution in [2.45, 2.75) is 38.6 Å². The molecule has 4 heteroatoms. The number of piperidine rings is 1. The molecule has 2 amide bonds. The molecule has 0 saturated carbocycles. The third-order valence-corrected chi connectivity index (χ3v) is 3.79. The van der Waals surface area contributed by atoms with Crippen molar-refractivity contribution in [1.29, 1.82) is 0 Å². The highest BCUT2D eigenvalue weighted by Crippen LogP contribution is 2.24. The number of rotatable bonds is 4. The summed E-state index contributed by atoms with van der Waals surface area (Å²) in [5.41, 5.74) is 0. The first kappa shape index (κ1) is 11.7. The van der Waals surface area contributed by atoms with E-state index in [4.69, 9.17) is 0 Å². The van der Waals surface area contributed by atoms with Crippen LogP contribution in [-0.2, 0) is 0 Å². The number of urea groups is 1. The Labute approximate surface area is 97.8 Å². The van der Waals surface area contributed by atoms with Gasteiger partial charge in [0.1, 0.15) is 0 Å². The van der Waals surface area contributed by atoms with E-state index in [1.165, 1.54) is 19.3 Å². The molecule has 2 saturated heterocycles. The van der Waals surface area contributed by atoms with Crippen LogP contribution >= 0.6 is 0 Å². The number of unbranched alkanes of at least 4 members (excludes halogenated alkanes) is 1. The van der Waals surface area contributed by atoms with E-state index in [9.17, 15) is 4.79 Å². The van der Waals surface area contributed by atoms with Crippen molar-refractivity contribution >= 4 is 6.03 Å². The van der Waals surface area contributed by atoms with Crippen LogP contribution < -0.4 is 10.6 Å². The second-order valence-electron chi connectivity index (χ2n) is 4.89. The van der Waals surface area contributed by atoms with Gasteiger partial charge >= 0.3 is 6.03 Å². The Kier molecular flexibility index (Phi) is 4.04. The lowest BCUT2D eigenvalue weighted by Gasteiger charge is -2.37. The quantitative estimate of drug-likeness (QED) is 0.754. The molecule has 2 heterocycles. The fraction of sp³-hybridized carbons (Fsp3) is 0.917. The van der Waals surface area contributed by atoms with Crippen molar-refractivity contribution in [1.82, 2.24) is 15.5 Å². The molecule has 16 heavy (non-hydrogen) atoms. The maximum atomic E-state index is 11.7. The summed E-state index contributed by atoms with van der Waals surface area (Å²) in [5.74, 6) is 0.651. The highest BCUT2D eigenvalue weighted by molar-refractivity contribution is 5.76. The first-order valence-electron chi connectivity index (χ1n) is 6.58. The molecule has 0 bridgehead atoms. The van der Waals surface area contributed by atoms with Gasteiger partial charge in [-0.25, -0.2) is 4.79 Å². The lowest BCUT2D eigenvalue weighted by atomic mass is 9.88. The van der Waals surface area contributed by atoms with Crippen LogP contribution in [0.1, 0.15) is 32.6 Å². The summed E-state index contributed by atoms with van der Waals surface area (Å²) in [5, 5.41) is 6.36. The molecule has 2 aliphatic rings. The molecule has 2 atom stereocenters. The maximum absolute atomic E-state index is 11.7. The zero-order valence-electron chi connectivity index (χ0n) is 10.2. The summed E-state index contributed by atoms with van der Waals surface area (Å²) in [7, 11) is 0. The summed E-state index contributed by atoms with van der Waals surface area (Å²) >= 11 is 0. The molecule has 0 aliphatic carbocycles.